The number of halogens is 3. The number of hydrogen-bond acceptors (Lipinski definition) is 6. The quantitative estimate of drug-likeness (QED) is 0.398. The highest BCUT2D eigenvalue weighted by Crippen LogP contribution is 2.15. The first-order chi connectivity index (χ1) is 13.1. The van der Waals surface area contributed by atoms with Gasteiger partial charge in [0, 0.05) is 18.2 Å². The number of amides is 1. The summed E-state index contributed by atoms with van der Waals surface area (Å²) in [6.07, 6.45) is -1.92. The lowest BCUT2D eigenvalue weighted by Gasteiger charge is -2.30. The molecule has 1 heterocycles. The van der Waals surface area contributed by atoms with E-state index >= 15 is 0 Å². The molecule has 0 radical (unpaired) electrons. The van der Waals surface area contributed by atoms with Gasteiger partial charge in [-0.05, 0) is 32.8 Å². The van der Waals surface area contributed by atoms with E-state index in [0.717, 1.165) is 0 Å². The number of carbonyl (C=O) groups excluding carboxylic acids is 2. The molecule has 9 nitrogen and oxygen atoms in total. The second-order valence-electron chi connectivity index (χ2n) is 6.35. The summed E-state index contributed by atoms with van der Waals surface area (Å²) >= 11 is 0. The van der Waals surface area contributed by atoms with Crippen LogP contribution in [0.2, 0.25) is 0 Å². The van der Waals surface area contributed by atoms with Gasteiger partial charge in [-0.1, -0.05) is 4.68 Å². The zero-order chi connectivity index (χ0) is 23.0. The van der Waals surface area contributed by atoms with Crippen molar-refractivity contribution in [2.75, 3.05) is 12.9 Å². The Morgan fingerprint density at radius 1 is 1.24 bits per heavy atom. The van der Waals surface area contributed by atoms with Gasteiger partial charge >= 0.3 is 12.1 Å². The highest BCUT2D eigenvalue weighted by atomic mass is 32.2. The van der Waals surface area contributed by atoms with Gasteiger partial charge in [-0.2, -0.15) is 21.6 Å². The van der Waals surface area contributed by atoms with Crippen LogP contribution in [0.15, 0.2) is 18.5 Å². The normalized spacial score (nSPS) is 11.7. The fraction of sp³-hybridized carbons (Fsp3) is 0.625. The first-order valence-electron chi connectivity index (χ1n) is 8.38. The van der Waals surface area contributed by atoms with E-state index in [1.165, 1.54) is 17.1 Å². The second kappa shape index (κ2) is 11.0. The summed E-state index contributed by atoms with van der Waals surface area (Å²) in [6, 6.07) is 1.74. The molecule has 0 fully saturated rings. The molecule has 0 unspecified atom stereocenters. The highest BCUT2D eigenvalue weighted by Gasteiger charge is 2.40. The number of hydrogen-bond donors (Lipinski definition) is 1. The van der Waals surface area contributed by atoms with Crippen molar-refractivity contribution in [1.82, 2.24) is 10.00 Å². The van der Waals surface area contributed by atoms with Crippen molar-refractivity contribution in [3.8, 4) is 0 Å². The standard InChI is InChI=1S/C13H21N3O4S.C3H3F3O2/c1-10(2)16(11(3)4)13(17)12-5-6-15(14-9-12)7-8-21(18,19)20;1-8-2(7)3(4,5)6/h5-6,9-11H,7-8H2,1-4H3;1H3/p+1. The molecule has 1 rings (SSSR count). The van der Waals surface area contributed by atoms with Gasteiger partial charge < -0.3 is 9.64 Å². The van der Waals surface area contributed by atoms with Gasteiger partial charge in [-0.15, -0.1) is 0 Å². The van der Waals surface area contributed by atoms with E-state index in [2.05, 4.69) is 9.84 Å². The van der Waals surface area contributed by atoms with Crippen LogP contribution in [-0.2, 0) is 26.2 Å². The predicted octanol–water partition coefficient (Wildman–Crippen LogP) is 1.24. The predicted molar refractivity (Wildman–Crippen MR) is 95.4 cm³/mol. The van der Waals surface area contributed by atoms with Crippen molar-refractivity contribution in [1.29, 1.82) is 0 Å². The fourth-order valence-electron chi connectivity index (χ4n) is 2.18. The zero-order valence-electron chi connectivity index (χ0n) is 16.7. The van der Waals surface area contributed by atoms with Crippen molar-refractivity contribution < 1.29 is 45.1 Å². The number of methoxy groups -OCH3 is 1. The maximum absolute atomic E-state index is 12.4. The van der Waals surface area contributed by atoms with Crippen LogP contribution in [0.25, 0.3) is 0 Å². The second-order valence-corrected chi connectivity index (χ2v) is 7.93. The molecule has 0 atom stereocenters. The topological polar surface area (TPSA) is 118 Å². The van der Waals surface area contributed by atoms with Gasteiger partial charge in [0.05, 0.1) is 12.7 Å². The van der Waals surface area contributed by atoms with E-state index in [1.807, 2.05) is 27.7 Å². The lowest BCUT2D eigenvalue weighted by Crippen LogP contribution is -2.44. The molecular formula is C16H25F3N3O6S+. The van der Waals surface area contributed by atoms with E-state index in [9.17, 15) is 31.2 Å². The Kier molecular flexibility index (Phi) is 10.2. The summed E-state index contributed by atoms with van der Waals surface area (Å²) < 4.78 is 67.7. The van der Waals surface area contributed by atoms with Crippen LogP contribution in [0.5, 0.6) is 0 Å². The summed E-state index contributed by atoms with van der Waals surface area (Å²) in [5, 5.41) is 4.00. The van der Waals surface area contributed by atoms with E-state index in [-0.39, 0.29) is 24.5 Å². The first-order valence-corrected chi connectivity index (χ1v) is 9.99. The number of nitrogens with zero attached hydrogens (tertiary/aromatic N) is 3. The summed E-state index contributed by atoms with van der Waals surface area (Å²) in [7, 11) is -3.34. The molecule has 0 aliphatic heterocycles. The van der Waals surface area contributed by atoms with Crippen LogP contribution < -0.4 is 4.68 Å². The molecule has 1 aromatic heterocycles. The van der Waals surface area contributed by atoms with Gasteiger partial charge in [-0.25, -0.2) is 4.79 Å². The molecular weight excluding hydrogens is 419 g/mol. The lowest BCUT2D eigenvalue weighted by atomic mass is 10.2. The zero-order valence-corrected chi connectivity index (χ0v) is 17.5. The number of esters is 1. The molecule has 1 N–H and O–H groups in total. The molecule has 0 bridgehead atoms. The maximum atomic E-state index is 12.4. The van der Waals surface area contributed by atoms with Crippen LogP contribution in [0.1, 0.15) is 38.1 Å². The molecule has 0 spiro atoms. The molecule has 0 saturated carbocycles. The Bertz CT molecular complexity index is 772. The van der Waals surface area contributed by atoms with Crippen LogP contribution in [0.4, 0.5) is 13.2 Å². The average molecular weight is 444 g/mol. The number of carbonyl (C=O) groups is 2. The van der Waals surface area contributed by atoms with Crippen molar-refractivity contribution in [2.24, 2.45) is 0 Å². The number of ether oxygens (including phenoxy) is 1. The van der Waals surface area contributed by atoms with E-state index in [4.69, 9.17) is 4.55 Å². The van der Waals surface area contributed by atoms with Gasteiger partial charge in [0.1, 0.15) is 11.9 Å². The van der Waals surface area contributed by atoms with Crippen LogP contribution in [-0.4, -0.2) is 66.0 Å². The molecule has 1 aromatic rings. The third-order valence-corrected chi connectivity index (χ3v) is 4.06. The van der Waals surface area contributed by atoms with E-state index in [1.54, 1.807) is 11.0 Å². The minimum Gasteiger partial charge on any atom is -0.462 e. The van der Waals surface area contributed by atoms with Crippen LogP contribution in [0.3, 0.4) is 0 Å². The van der Waals surface area contributed by atoms with Gasteiger partial charge in [-0.3, -0.25) is 9.35 Å². The largest absolute Gasteiger partial charge is 0.490 e. The average Bonchev–Trinajstić information content (AvgIpc) is 2.58. The van der Waals surface area contributed by atoms with Crippen LogP contribution in [0, 0.1) is 0 Å². The number of rotatable bonds is 6. The summed E-state index contributed by atoms with van der Waals surface area (Å²) in [5.41, 5.74) is 0.445. The smallest absolute Gasteiger partial charge is 0.462 e. The third kappa shape index (κ3) is 10.2. The summed E-state index contributed by atoms with van der Waals surface area (Å²) in [5.74, 6) is -2.70. The SMILES string of the molecule is CC(C)N(C(=O)c1cc[n+](CCS(=O)(=O)O)nc1)C(C)C.COC(=O)C(F)(F)F. The van der Waals surface area contributed by atoms with E-state index in [0.29, 0.717) is 12.7 Å². The van der Waals surface area contributed by atoms with Gasteiger partial charge in [0.15, 0.2) is 12.7 Å². The number of aromatic nitrogens is 2. The number of alkyl halides is 3. The highest BCUT2D eigenvalue weighted by molar-refractivity contribution is 7.85. The Balaban J connectivity index is 0.000000828. The molecule has 0 aromatic carbocycles. The number of aryl methyl sites for hydroxylation is 1. The Labute approximate surface area is 167 Å². The van der Waals surface area contributed by atoms with Crippen molar-refractivity contribution in [3.63, 3.8) is 0 Å². The molecule has 29 heavy (non-hydrogen) atoms. The summed E-state index contributed by atoms with van der Waals surface area (Å²) in [4.78, 5) is 23.6. The minimum atomic E-state index is -4.85. The van der Waals surface area contributed by atoms with E-state index < -0.39 is 28.0 Å². The lowest BCUT2D eigenvalue weighted by molar-refractivity contribution is -0.750. The summed E-state index contributed by atoms with van der Waals surface area (Å²) in [6.45, 7) is 7.81. The fourth-order valence-corrected chi connectivity index (χ4v) is 2.60. The Morgan fingerprint density at radius 2 is 1.76 bits per heavy atom. The van der Waals surface area contributed by atoms with Crippen molar-refractivity contribution >= 4 is 22.0 Å². The maximum Gasteiger partial charge on any atom is 0.490 e. The molecule has 13 heteroatoms. The third-order valence-electron chi connectivity index (χ3n) is 3.36. The molecule has 0 aliphatic carbocycles. The molecule has 0 saturated heterocycles. The van der Waals surface area contributed by atoms with Gasteiger partial charge in [0.2, 0.25) is 0 Å². The van der Waals surface area contributed by atoms with Gasteiger partial charge in [0.25, 0.3) is 16.0 Å². The minimum absolute atomic E-state index is 0.0331. The van der Waals surface area contributed by atoms with Crippen LogP contribution >= 0.6 is 0 Å². The van der Waals surface area contributed by atoms with Crippen molar-refractivity contribution in [2.45, 2.75) is 52.5 Å². The molecule has 0 aliphatic rings. The van der Waals surface area contributed by atoms with Crippen molar-refractivity contribution in [3.05, 3.63) is 24.0 Å². The Morgan fingerprint density at radius 3 is 2.03 bits per heavy atom. The molecule has 1 amide bonds. The first kappa shape index (κ1) is 26.7. The molecule has 166 valence electrons. The monoisotopic (exact) mass is 444 g/mol. The Hall–Kier alpha value is -2.28.